The minimum Gasteiger partial charge on any atom is -0.405 e. The van der Waals surface area contributed by atoms with E-state index in [4.69, 9.17) is 6.42 Å². The lowest BCUT2D eigenvalue weighted by molar-refractivity contribution is -0.276. The van der Waals surface area contributed by atoms with Crippen molar-refractivity contribution >= 4 is 0 Å². The van der Waals surface area contributed by atoms with Gasteiger partial charge in [-0.25, -0.2) is 0 Å². The molecule has 0 aromatic heterocycles. The van der Waals surface area contributed by atoms with Gasteiger partial charge in [0.05, 0.1) is 0 Å². The molecule has 0 aliphatic rings. The van der Waals surface area contributed by atoms with Gasteiger partial charge in [0.2, 0.25) is 0 Å². The molecule has 0 unspecified atom stereocenters. The Morgan fingerprint density at radius 3 is 1.83 bits per heavy atom. The van der Waals surface area contributed by atoms with E-state index in [2.05, 4.69) is 15.4 Å². The van der Waals surface area contributed by atoms with E-state index in [1.165, 1.54) is 24.3 Å². The number of hydrogen-bond acceptors (Lipinski definition) is 2. The van der Waals surface area contributed by atoms with Crippen LogP contribution in [0.5, 0.6) is 11.5 Å². The average molecular weight is 346 g/mol. The minimum absolute atomic E-state index is 0.168. The Bertz CT molecular complexity index is 771. The summed E-state index contributed by atoms with van der Waals surface area (Å²) in [5, 5.41) is 0. The van der Waals surface area contributed by atoms with E-state index in [9.17, 15) is 26.3 Å². The maximum atomic E-state index is 12.5. The number of rotatable bonds is 3. The SMILES string of the molecule is C#Cc1ccc(OC(F)(F)F)c(-c2ccccc2OC(F)(F)F)c1. The molecule has 8 heteroatoms. The first-order valence-electron chi connectivity index (χ1n) is 6.30. The minimum atomic E-state index is -5.02. The Hall–Kier alpha value is -2.82. The van der Waals surface area contributed by atoms with Crippen LogP contribution in [0, 0.1) is 12.3 Å². The summed E-state index contributed by atoms with van der Waals surface area (Å²) in [5.74, 6) is 0.826. The van der Waals surface area contributed by atoms with Gasteiger partial charge in [-0.05, 0) is 24.3 Å². The molecular formula is C16H8F6O2. The third-order valence-corrected chi connectivity index (χ3v) is 2.77. The molecule has 0 saturated carbocycles. The molecule has 0 N–H and O–H groups in total. The molecule has 0 fully saturated rings. The maximum Gasteiger partial charge on any atom is 0.573 e. The highest BCUT2D eigenvalue weighted by molar-refractivity contribution is 5.77. The fraction of sp³-hybridized carbons (Fsp3) is 0.125. The second-order valence-electron chi connectivity index (χ2n) is 4.45. The molecule has 2 nitrogen and oxygen atoms in total. The predicted octanol–water partition coefficient (Wildman–Crippen LogP) is 5.13. The van der Waals surface area contributed by atoms with Crippen molar-refractivity contribution in [1.82, 2.24) is 0 Å². The molecule has 0 amide bonds. The second-order valence-corrected chi connectivity index (χ2v) is 4.45. The van der Waals surface area contributed by atoms with E-state index in [-0.39, 0.29) is 16.7 Å². The van der Waals surface area contributed by atoms with Crippen molar-refractivity contribution in [2.75, 3.05) is 0 Å². The zero-order valence-corrected chi connectivity index (χ0v) is 11.7. The second kappa shape index (κ2) is 6.35. The summed E-state index contributed by atoms with van der Waals surface area (Å²) >= 11 is 0. The normalized spacial score (nSPS) is 11.7. The van der Waals surface area contributed by atoms with E-state index in [1.807, 2.05) is 0 Å². The van der Waals surface area contributed by atoms with Crippen molar-refractivity contribution < 1.29 is 35.8 Å². The van der Waals surface area contributed by atoms with Crippen LogP contribution in [0.2, 0.25) is 0 Å². The molecule has 2 rings (SSSR count). The summed E-state index contributed by atoms with van der Waals surface area (Å²) in [6.07, 6.45) is -4.84. The Morgan fingerprint density at radius 2 is 1.29 bits per heavy atom. The van der Waals surface area contributed by atoms with Crippen LogP contribution in [-0.2, 0) is 0 Å². The Kier molecular flexibility index (Phi) is 4.64. The third-order valence-electron chi connectivity index (χ3n) is 2.77. The van der Waals surface area contributed by atoms with Crippen molar-refractivity contribution in [2.45, 2.75) is 12.7 Å². The van der Waals surface area contributed by atoms with Gasteiger partial charge in [0.1, 0.15) is 11.5 Å². The monoisotopic (exact) mass is 346 g/mol. The topological polar surface area (TPSA) is 18.5 Å². The summed E-state index contributed by atoms with van der Waals surface area (Å²) in [7, 11) is 0. The molecule has 0 radical (unpaired) electrons. The summed E-state index contributed by atoms with van der Waals surface area (Å²) in [5.41, 5.74) is -0.352. The summed E-state index contributed by atoms with van der Waals surface area (Å²) in [6.45, 7) is 0. The number of terminal acetylenes is 1. The van der Waals surface area contributed by atoms with E-state index < -0.39 is 24.2 Å². The van der Waals surface area contributed by atoms with Gasteiger partial charge in [0.15, 0.2) is 0 Å². The van der Waals surface area contributed by atoms with Crippen LogP contribution >= 0.6 is 0 Å². The molecule has 126 valence electrons. The first-order chi connectivity index (χ1) is 11.1. The first-order valence-corrected chi connectivity index (χ1v) is 6.30. The van der Waals surface area contributed by atoms with Gasteiger partial charge in [0, 0.05) is 16.7 Å². The van der Waals surface area contributed by atoms with Crippen molar-refractivity contribution in [2.24, 2.45) is 0 Å². The highest BCUT2D eigenvalue weighted by Gasteiger charge is 2.34. The van der Waals surface area contributed by atoms with Gasteiger partial charge in [-0.3, -0.25) is 0 Å². The van der Waals surface area contributed by atoms with Gasteiger partial charge in [-0.2, -0.15) is 0 Å². The molecule has 0 saturated heterocycles. The smallest absolute Gasteiger partial charge is 0.405 e. The number of ether oxygens (including phenoxy) is 2. The van der Waals surface area contributed by atoms with Gasteiger partial charge < -0.3 is 9.47 Å². The lowest BCUT2D eigenvalue weighted by atomic mass is 10.0. The van der Waals surface area contributed by atoms with Crippen LogP contribution in [0.4, 0.5) is 26.3 Å². The number of alkyl halides is 6. The lowest BCUT2D eigenvalue weighted by Crippen LogP contribution is -2.19. The van der Waals surface area contributed by atoms with Crippen molar-refractivity contribution in [3.63, 3.8) is 0 Å². The maximum absolute atomic E-state index is 12.5. The molecule has 0 bridgehead atoms. The molecule has 0 aliphatic heterocycles. The first kappa shape index (κ1) is 17.5. The molecule has 2 aromatic carbocycles. The molecule has 0 heterocycles. The summed E-state index contributed by atoms with van der Waals surface area (Å²) in [6, 6.07) is 7.96. The van der Waals surface area contributed by atoms with Gasteiger partial charge in [-0.15, -0.1) is 32.8 Å². The zero-order valence-electron chi connectivity index (χ0n) is 11.7. The van der Waals surface area contributed by atoms with Crippen molar-refractivity contribution in [3.05, 3.63) is 48.0 Å². The Balaban J connectivity index is 2.61. The van der Waals surface area contributed by atoms with Crippen LogP contribution in [0.3, 0.4) is 0 Å². The van der Waals surface area contributed by atoms with E-state index in [0.717, 1.165) is 18.2 Å². The van der Waals surface area contributed by atoms with E-state index in [0.29, 0.717) is 0 Å². The Labute approximate surface area is 132 Å². The fourth-order valence-corrected chi connectivity index (χ4v) is 1.95. The molecule has 24 heavy (non-hydrogen) atoms. The highest BCUT2D eigenvalue weighted by atomic mass is 19.4. The molecule has 0 atom stereocenters. The number of hydrogen-bond donors (Lipinski definition) is 0. The molecular weight excluding hydrogens is 338 g/mol. The highest BCUT2D eigenvalue weighted by Crippen LogP contribution is 2.40. The zero-order chi connectivity index (χ0) is 18.0. The predicted molar refractivity (Wildman–Crippen MR) is 73.2 cm³/mol. The van der Waals surface area contributed by atoms with Crippen LogP contribution in [0.1, 0.15) is 5.56 Å². The van der Waals surface area contributed by atoms with Crippen LogP contribution in [-0.4, -0.2) is 12.7 Å². The molecule has 0 spiro atoms. The van der Waals surface area contributed by atoms with Crippen LogP contribution in [0.25, 0.3) is 11.1 Å². The summed E-state index contributed by atoms with van der Waals surface area (Å²) in [4.78, 5) is 0. The molecule has 2 aromatic rings. The number of halogens is 6. The largest absolute Gasteiger partial charge is 0.573 e. The standard InChI is InChI=1S/C16H8F6O2/c1-2-10-7-8-14(24-16(20,21)22)12(9-10)11-5-3-4-6-13(11)23-15(17,18)19/h1,3-9H. The van der Waals surface area contributed by atoms with Gasteiger partial charge in [-0.1, -0.05) is 24.1 Å². The van der Waals surface area contributed by atoms with Crippen molar-refractivity contribution in [3.8, 4) is 35.0 Å². The fourth-order valence-electron chi connectivity index (χ4n) is 1.95. The summed E-state index contributed by atoms with van der Waals surface area (Å²) < 4.78 is 82.7. The lowest BCUT2D eigenvalue weighted by Gasteiger charge is -2.17. The van der Waals surface area contributed by atoms with E-state index >= 15 is 0 Å². The van der Waals surface area contributed by atoms with Crippen LogP contribution < -0.4 is 9.47 Å². The quantitative estimate of drug-likeness (QED) is 0.566. The molecule has 0 aliphatic carbocycles. The van der Waals surface area contributed by atoms with E-state index in [1.54, 1.807) is 0 Å². The van der Waals surface area contributed by atoms with Gasteiger partial charge >= 0.3 is 12.7 Å². The van der Waals surface area contributed by atoms with Gasteiger partial charge in [0.25, 0.3) is 0 Å². The third kappa shape index (κ3) is 4.59. The average Bonchev–Trinajstić information content (AvgIpc) is 2.45. The van der Waals surface area contributed by atoms with Crippen LogP contribution in [0.15, 0.2) is 42.5 Å². The Morgan fingerprint density at radius 1 is 0.750 bits per heavy atom. The van der Waals surface area contributed by atoms with Crippen molar-refractivity contribution in [1.29, 1.82) is 0 Å². The number of para-hydroxylation sites is 1. The number of benzene rings is 2.